The number of anilines is 1. The average Bonchev–Trinajstić information content (AvgIpc) is 3.09. The number of H-pyrrole nitrogens is 1. The van der Waals surface area contributed by atoms with E-state index in [2.05, 4.69) is 31.1 Å². The third-order valence-corrected chi connectivity index (χ3v) is 4.72. The van der Waals surface area contributed by atoms with Crippen LogP contribution in [0.1, 0.15) is 36.7 Å². The maximum Gasteiger partial charge on any atom is 0.257 e. The number of benzene rings is 2. The lowest BCUT2D eigenvalue weighted by molar-refractivity contribution is 0.102. The Morgan fingerprint density at radius 1 is 0.964 bits per heavy atom. The van der Waals surface area contributed by atoms with Gasteiger partial charge in [0.15, 0.2) is 11.5 Å². The smallest absolute Gasteiger partial charge is 0.257 e. The van der Waals surface area contributed by atoms with Gasteiger partial charge >= 0.3 is 0 Å². The normalized spacial score (nSPS) is 11.4. The summed E-state index contributed by atoms with van der Waals surface area (Å²) in [6, 6.07) is 9.66. The molecule has 0 atom stereocenters. The van der Waals surface area contributed by atoms with Crippen LogP contribution >= 0.6 is 0 Å². The van der Waals surface area contributed by atoms with E-state index in [1.807, 2.05) is 24.3 Å². The van der Waals surface area contributed by atoms with Gasteiger partial charge in [-0.05, 0) is 23.1 Å². The van der Waals surface area contributed by atoms with E-state index in [0.717, 1.165) is 11.2 Å². The standard InChI is InChI=1S/C22H26N2O4/c1-22(2,3)13-7-9-14(10-8-13)24-21(25)15-12-23-16-11-17(26-4)19(27-5)20(28-6)18(15)16/h7-12,23H,1-6H3,(H,24,25). The van der Waals surface area contributed by atoms with Crippen LogP contribution in [0, 0.1) is 0 Å². The van der Waals surface area contributed by atoms with Gasteiger partial charge in [0.05, 0.1) is 37.8 Å². The van der Waals surface area contributed by atoms with E-state index in [1.165, 1.54) is 19.8 Å². The second-order valence-corrected chi connectivity index (χ2v) is 7.55. The van der Waals surface area contributed by atoms with Crippen LogP contribution in [0.5, 0.6) is 17.2 Å². The van der Waals surface area contributed by atoms with Crippen molar-refractivity contribution in [3.05, 3.63) is 47.7 Å². The molecular weight excluding hydrogens is 356 g/mol. The van der Waals surface area contributed by atoms with E-state index in [9.17, 15) is 4.79 Å². The summed E-state index contributed by atoms with van der Waals surface area (Å²) in [5.74, 6) is 1.19. The van der Waals surface area contributed by atoms with Crippen LogP contribution in [-0.4, -0.2) is 32.2 Å². The van der Waals surface area contributed by atoms with Gasteiger partial charge in [-0.15, -0.1) is 0 Å². The Morgan fingerprint density at radius 2 is 1.61 bits per heavy atom. The SMILES string of the molecule is COc1cc2[nH]cc(C(=O)Nc3ccc(C(C)(C)C)cc3)c2c(OC)c1OC. The second kappa shape index (κ2) is 7.46. The molecule has 0 fully saturated rings. The number of amides is 1. The molecule has 3 aromatic rings. The number of aromatic amines is 1. The summed E-state index contributed by atoms with van der Waals surface area (Å²) < 4.78 is 16.3. The fourth-order valence-electron chi connectivity index (χ4n) is 3.19. The van der Waals surface area contributed by atoms with Crippen LogP contribution in [-0.2, 0) is 5.41 Å². The molecule has 6 nitrogen and oxygen atoms in total. The molecule has 0 aliphatic heterocycles. The zero-order chi connectivity index (χ0) is 20.5. The van der Waals surface area contributed by atoms with Crippen molar-refractivity contribution in [3.63, 3.8) is 0 Å². The van der Waals surface area contributed by atoms with Crippen LogP contribution in [0.15, 0.2) is 36.5 Å². The van der Waals surface area contributed by atoms with Crippen molar-refractivity contribution in [1.82, 2.24) is 4.98 Å². The number of carbonyl (C=O) groups is 1. The number of aromatic nitrogens is 1. The molecule has 1 heterocycles. The molecule has 1 aromatic heterocycles. The van der Waals surface area contributed by atoms with Crippen LogP contribution in [0.2, 0.25) is 0 Å². The monoisotopic (exact) mass is 382 g/mol. The lowest BCUT2D eigenvalue weighted by Gasteiger charge is -2.19. The van der Waals surface area contributed by atoms with Crippen LogP contribution in [0.4, 0.5) is 5.69 Å². The van der Waals surface area contributed by atoms with Crippen molar-refractivity contribution in [2.75, 3.05) is 26.6 Å². The topological polar surface area (TPSA) is 72.6 Å². The van der Waals surface area contributed by atoms with Gasteiger partial charge in [0.2, 0.25) is 5.75 Å². The van der Waals surface area contributed by atoms with E-state index in [4.69, 9.17) is 14.2 Å². The highest BCUT2D eigenvalue weighted by Gasteiger charge is 2.23. The summed E-state index contributed by atoms with van der Waals surface area (Å²) >= 11 is 0. The predicted molar refractivity (Wildman–Crippen MR) is 111 cm³/mol. The van der Waals surface area contributed by atoms with E-state index in [1.54, 1.807) is 19.4 Å². The van der Waals surface area contributed by atoms with E-state index >= 15 is 0 Å². The minimum absolute atomic E-state index is 0.0579. The number of hydrogen-bond donors (Lipinski definition) is 2. The Balaban J connectivity index is 1.98. The third kappa shape index (κ3) is 3.50. The Kier molecular flexibility index (Phi) is 5.23. The second-order valence-electron chi connectivity index (χ2n) is 7.55. The molecule has 1 amide bonds. The van der Waals surface area contributed by atoms with Gasteiger partial charge in [0, 0.05) is 18.0 Å². The van der Waals surface area contributed by atoms with Crippen LogP contribution in [0.3, 0.4) is 0 Å². The first-order valence-electron chi connectivity index (χ1n) is 9.02. The minimum atomic E-state index is -0.236. The van der Waals surface area contributed by atoms with Gasteiger partial charge in [-0.2, -0.15) is 0 Å². The molecule has 0 bridgehead atoms. The van der Waals surface area contributed by atoms with Crippen molar-refractivity contribution in [3.8, 4) is 17.2 Å². The highest BCUT2D eigenvalue weighted by atomic mass is 16.5. The fourth-order valence-corrected chi connectivity index (χ4v) is 3.19. The molecule has 148 valence electrons. The number of ether oxygens (including phenoxy) is 3. The molecule has 2 aromatic carbocycles. The molecule has 28 heavy (non-hydrogen) atoms. The van der Waals surface area contributed by atoms with E-state index in [-0.39, 0.29) is 11.3 Å². The zero-order valence-electron chi connectivity index (χ0n) is 17.1. The van der Waals surface area contributed by atoms with Crippen molar-refractivity contribution >= 4 is 22.5 Å². The molecule has 0 unspecified atom stereocenters. The lowest BCUT2D eigenvalue weighted by atomic mass is 9.87. The Hall–Kier alpha value is -3.15. The van der Waals surface area contributed by atoms with E-state index in [0.29, 0.717) is 28.2 Å². The van der Waals surface area contributed by atoms with Gasteiger partial charge < -0.3 is 24.5 Å². The van der Waals surface area contributed by atoms with E-state index < -0.39 is 0 Å². The molecule has 2 N–H and O–H groups in total. The molecule has 0 radical (unpaired) electrons. The van der Waals surface area contributed by atoms with Crippen molar-refractivity contribution < 1.29 is 19.0 Å². The maximum atomic E-state index is 12.9. The minimum Gasteiger partial charge on any atom is -0.493 e. The van der Waals surface area contributed by atoms with Crippen molar-refractivity contribution in [2.24, 2.45) is 0 Å². The zero-order valence-corrected chi connectivity index (χ0v) is 17.1. The third-order valence-electron chi connectivity index (χ3n) is 4.72. The maximum absolute atomic E-state index is 12.9. The molecule has 3 rings (SSSR count). The highest BCUT2D eigenvalue weighted by Crippen LogP contribution is 2.44. The number of fused-ring (bicyclic) bond motifs is 1. The largest absolute Gasteiger partial charge is 0.493 e. The summed E-state index contributed by atoms with van der Waals surface area (Å²) in [6.07, 6.45) is 1.66. The summed E-state index contributed by atoms with van der Waals surface area (Å²) in [5, 5.41) is 3.59. The van der Waals surface area contributed by atoms with Gasteiger partial charge in [-0.1, -0.05) is 32.9 Å². The van der Waals surface area contributed by atoms with Gasteiger partial charge in [0.1, 0.15) is 0 Å². The van der Waals surface area contributed by atoms with Crippen LogP contribution in [0.25, 0.3) is 10.9 Å². The molecule has 0 saturated heterocycles. The first-order chi connectivity index (χ1) is 13.3. The first-order valence-corrected chi connectivity index (χ1v) is 9.02. The average molecular weight is 382 g/mol. The summed E-state index contributed by atoms with van der Waals surface area (Å²) in [4.78, 5) is 16.0. The molecule has 6 heteroatoms. The lowest BCUT2D eigenvalue weighted by Crippen LogP contribution is -2.13. The first kappa shape index (κ1) is 19.6. The number of hydrogen-bond acceptors (Lipinski definition) is 4. The number of nitrogens with one attached hydrogen (secondary N) is 2. The molecule has 0 aliphatic carbocycles. The Morgan fingerprint density at radius 3 is 2.14 bits per heavy atom. The predicted octanol–water partition coefficient (Wildman–Crippen LogP) is 4.74. The number of rotatable bonds is 5. The summed E-state index contributed by atoms with van der Waals surface area (Å²) in [6.45, 7) is 6.46. The summed E-state index contributed by atoms with van der Waals surface area (Å²) in [7, 11) is 4.63. The number of carbonyl (C=O) groups excluding carboxylic acids is 1. The van der Waals surface area contributed by atoms with Crippen molar-refractivity contribution in [2.45, 2.75) is 26.2 Å². The van der Waals surface area contributed by atoms with Crippen molar-refractivity contribution in [1.29, 1.82) is 0 Å². The van der Waals surface area contributed by atoms with Gasteiger partial charge in [-0.25, -0.2) is 0 Å². The highest BCUT2D eigenvalue weighted by molar-refractivity contribution is 6.15. The van der Waals surface area contributed by atoms with Gasteiger partial charge in [-0.3, -0.25) is 4.79 Å². The molecule has 0 aliphatic rings. The molecule has 0 saturated carbocycles. The quantitative estimate of drug-likeness (QED) is 0.668. The summed E-state index contributed by atoms with van der Waals surface area (Å²) in [5.41, 5.74) is 3.18. The molecular formula is C22H26N2O4. The van der Waals surface area contributed by atoms with Gasteiger partial charge in [0.25, 0.3) is 5.91 Å². The number of methoxy groups -OCH3 is 3. The Labute approximate surface area is 164 Å². The fraction of sp³-hybridized carbons (Fsp3) is 0.318. The van der Waals surface area contributed by atoms with Crippen LogP contribution < -0.4 is 19.5 Å². The Bertz CT molecular complexity index is 998. The molecule has 0 spiro atoms.